The molecular formula is C8H8Cl2N2O4. The van der Waals surface area contributed by atoms with Gasteiger partial charge in [0.2, 0.25) is 0 Å². The van der Waals surface area contributed by atoms with E-state index in [1.165, 1.54) is 14.1 Å². The maximum absolute atomic E-state index is 11.6. The number of ketones is 1. The highest BCUT2D eigenvalue weighted by Gasteiger charge is 2.47. The second-order valence-electron chi connectivity index (χ2n) is 3.21. The molecule has 4 amide bonds. The van der Waals surface area contributed by atoms with Gasteiger partial charge in [0.1, 0.15) is 0 Å². The lowest BCUT2D eigenvalue weighted by molar-refractivity contribution is -0.151. The molecule has 0 radical (unpaired) electrons. The van der Waals surface area contributed by atoms with Gasteiger partial charge in [-0.3, -0.25) is 24.2 Å². The first-order valence-corrected chi connectivity index (χ1v) is 5.07. The van der Waals surface area contributed by atoms with Crippen molar-refractivity contribution in [3.8, 4) is 0 Å². The van der Waals surface area contributed by atoms with Crippen molar-refractivity contribution in [2.75, 3.05) is 14.1 Å². The van der Waals surface area contributed by atoms with Crippen molar-refractivity contribution in [1.82, 2.24) is 9.80 Å². The number of barbiturate groups is 1. The normalized spacial score (nSPS) is 18.7. The summed E-state index contributed by atoms with van der Waals surface area (Å²) in [5, 5.41) is 0. The minimum atomic E-state index is -1.63. The van der Waals surface area contributed by atoms with Crippen LogP contribution in [0.1, 0.15) is 0 Å². The van der Waals surface area contributed by atoms with Crippen molar-refractivity contribution in [3.63, 3.8) is 0 Å². The maximum Gasteiger partial charge on any atom is 0.332 e. The molecule has 0 bridgehead atoms. The Morgan fingerprint density at radius 3 is 1.81 bits per heavy atom. The Balaban J connectivity index is 3.10. The molecule has 1 aliphatic heterocycles. The number of urea groups is 1. The summed E-state index contributed by atoms with van der Waals surface area (Å²) in [5.74, 6) is -4.38. The van der Waals surface area contributed by atoms with Crippen LogP contribution in [0.4, 0.5) is 4.79 Å². The van der Waals surface area contributed by atoms with E-state index in [1.807, 2.05) is 0 Å². The zero-order valence-corrected chi connectivity index (χ0v) is 9.95. The Morgan fingerprint density at radius 1 is 1.12 bits per heavy atom. The topological polar surface area (TPSA) is 74.8 Å². The van der Waals surface area contributed by atoms with E-state index in [1.54, 1.807) is 0 Å². The van der Waals surface area contributed by atoms with Crippen molar-refractivity contribution < 1.29 is 19.2 Å². The first-order chi connectivity index (χ1) is 7.29. The fraction of sp³-hybridized carbons (Fsp3) is 0.500. The van der Waals surface area contributed by atoms with Gasteiger partial charge in [-0.05, 0) is 0 Å². The number of alkyl halides is 2. The first-order valence-electron chi connectivity index (χ1n) is 4.20. The number of carbonyl (C=O) groups is 4. The molecule has 0 aromatic rings. The van der Waals surface area contributed by atoms with Crippen molar-refractivity contribution in [2.24, 2.45) is 5.92 Å². The van der Waals surface area contributed by atoms with Gasteiger partial charge in [0.25, 0.3) is 11.8 Å². The third-order valence-corrected chi connectivity index (χ3v) is 2.66. The van der Waals surface area contributed by atoms with Crippen molar-refractivity contribution in [2.45, 2.75) is 4.84 Å². The van der Waals surface area contributed by atoms with Gasteiger partial charge >= 0.3 is 6.03 Å². The standard InChI is InChI=1S/C8H8Cl2N2O4/c1-11-6(14)3(4(13)5(9)10)7(15)12(2)8(11)16/h3,5H,1-2H3. The summed E-state index contributed by atoms with van der Waals surface area (Å²) in [6, 6.07) is -0.792. The summed E-state index contributed by atoms with van der Waals surface area (Å²) in [6.45, 7) is 0. The third-order valence-electron chi connectivity index (χ3n) is 2.23. The fourth-order valence-corrected chi connectivity index (χ4v) is 1.53. The van der Waals surface area contributed by atoms with Crippen molar-refractivity contribution in [3.05, 3.63) is 0 Å². The fourth-order valence-electron chi connectivity index (χ4n) is 1.28. The minimum absolute atomic E-state index is 0.681. The molecule has 1 fully saturated rings. The van der Waals surface area contributed by atoms with Gasteiger partial charge in [-0.15, -0.1) is 0 Å². The van der Waals surface area contributed by atoms with E-state index in [-0.39, 0.29) is 0 Å². The second kappa shape index (κ2) is 4.39. The number of halogens is 2. The van der Waals surface area contributed by atoms with E-state index in [2.05, 4.69) is 0 Å². The molecule has 0 aromatic heterocycles. The maximum atomic E-state index is 11.6. The number of nitrogens with zero attached hydrogens (tertiary/aromatic N) is 2. The minimum Gasteiger partial charge on any atom is -0.295 e. The van der Waals surface area contributed by atoms with Crippen LogP contribution in [0.25, 0.3) is 0 Å². The largest absolute Gasteiger partial charge is 0.332 e. The lowest BCUT2D eigenvalue weighted by Crippen LogP contribution is -2.59. The Morgan fingerprint density at radius 2 is 1.50 bits per heavy atom. The van der Waals surface area contributed by atoms with E-state index in [9.17, 15) is 19.2 Å². The average molecular weight is 267 g/mol. The average Bonchev–Trinajstić information content (AvgIpc) is 2.23. The van der Waals surface area contributed by atoms with Crippen LogP contribution in [0, 0.1) is 5.92 Å². The molecule has 6 nitrogen and oxygen atoms in total. The number of rotatable bonds is 2. The van der Waals surface area contributed by atoms with E-state index in [0.29, 0.717) is 9.80 Å². The van der Waals surface area contributed by atoms with Gasteiger partial charge in [0.05, 0.1) is 0 Å². The molecule has 0 N–H and O–H groups in total. The molecule has 0 unspecified atom stereocenters. The number of hydrogen-bond donors (Lipinski definition) is 0. The van der Waals surface area contributed by atoms with Crippen LogP contribution >= 0.6 is 23.2 Å². The molecule has 0 saturated carbocycles. The molecule has 0 aliphatic carbocycles. The van der Waals surface area contributed by atoms with Crippen LogP contribution in [-0.2, 0) is 14.4 Å². The van der Waals surface area contributed by atoms with Gasteiger partial charge in [0, 0.05) is 14.1 Å². The molecular weight excluding hydrogens is 259 g/mol. The zero-order chi connectivity index (χ0) is 12.6. The van der Waals surface area contributed by atoms with Crippen LogP contribution in [-0.4, -0.2) is 52.4 Å². The molecule has 16 heavy (non-hydrogen) atoms. The van der Waals surface area contributed by atoms with E-state index in [0.717, 1.165) is 0 Å². The number of imide groups is 2. The lowest BCUT2D eigenvalue weighted by atomic mass is 10.00. The summed E-state index contributed by atoms with van der Waals surface area (Å²) in [5.41, 5.74) is 0. The highest BCUT2D eigenvalue weighted by molar-refractivity contribution is 6.56. The molecule has 1 heterocycles. The third kappa shape index (κ3) is 1.90. The van der Waals surface area contributed by atoms with Gasteiger partial charge in [-0.2, -0.15) is 0 Å². The van der Waals surface area contributed by atoms with Crippen LogP contribution < -0.4 is 0 Å². The SMILES string of the molecule is CN1C(=O)C(C(=O)C(Cl)Cl)C(=O)N(C)C1=O. The van der Waals surface area contributed by atoms with E-state index in [4.69, 9.17) is 23.2 Å². The molecule has 0 atom stereocenters. The number of hydrogen-bond acceptors (Lipinski definition) is 4. The highest BCUT2D eigenvalue weighted by atomic mass is 35.5. The number of amides is 4. The molecule has 0 aromatic carbocycles. The Labute approximate surface area is 101 Å². The molecule has 8 heteroatoms. The quantitative estimate of drug-likeness (QED) is 0.522. The molecule has 0 spiro atoms. The predicted molar refractivity (Wildman–Crippen MR) is 54.9 cm³/mol. The monoisotopic (exact) mass is 266 g/mol. The van der Waals surface area contributed by atoms with Crippen molar-refractivity contribution in [1.29, 1.82) is 0 Å². The van der Waals surface area contributed by atoms with Crippen LogP contribution in [0.2, 0.25) is 0 Å². The Bertz CT molecular complexity index is 358. The Hall–Kier alpha value is -1.14. The summed E-state index contributed by atoms with van der Waals surface area (Å²) < 4.78 is 0. The van der Waals surface area contributed by atoms with Crippen LogP contribution in [0.3, 0.4) is 0 Å². The number of carbonyl (C=O) groups excluding carboxylic acids is 4. The second-order valence-corrected chi connectivity index (χ2v) is 4.31. The molecule has 88 valence electrons. The predicted octanol–water partition coefficient (Wildman–Crippen LogP) is 0.0258. The number of Topliss-reactive ketones (excluding diaryl/α,β-unsaturated/α-hetero) is 1. The summed E-state index contributed by atoms with van der Waals surface area (Å²) in [7, 11) is 2.34. The highest BCUT2D eigenvalue weighted by Crippen LogP contribution is 2.20. The van der Waals surface area contributed by atoms with E-state index < -0.39 is 34.4 Å². The first kappa shape index (κ1) is 12.9. The van der Waals surface area contributed by atoms with E-state index >= 15 is 0 Å². The molecule has 1 saturated heterocycles. The summed E-state index contributed by atoms with van der Waals surface area (Å²) in [6.07, 6.45) is 0. The smallest absolute Gasteiger partial charge is 0.295 e. The van der Waals surface area contributed by atoms with Gasteiger partial charge in [-0.25, -0.2) is 4.79 Å². The summed E-state index contributed by atoms with van der Waals surface area (Å²) >= 11 is 10.6. The van der Waals surface area contributed by atoms with Crippen LogP contribution in [0.15, 0.2) is 0 Å². The van der Waals surface area contributed by atoms with Gasteiger partial charge in [-0.1, -0.05) is 23.2 Å². The molecule has 1 rings (SSSR count). The zero-order valence-electron chi connectivity index (χ0n) is 8.44. The molecule has 1 aliphatic rings. The van der Waals surface area contributed by atoms with Crippen LogP contribution in [0.5, 0.6) is 0 Å². The Kier molecular flexibility index (Phi) is 3.54. The summed E-state index contributed by atoms with van der Waals surface area (Å²) in [4.78, 5) is 45.8. The van der Waals surface area contributed by atoms with Gasteiger partial charge < -0.3 is 0 Å². The lowest BCUT2D eigenvalue weighted by Gasteiger charge is -2.32. The van der Waals surface area contributed by atoms with Crippen molar-refractivity contribution >= 4 is 46.8 Å². The van der Waals surface area contributed by atoms with Gasteiger partial charge in [0.15, 0.2) is 16.5 Å².